The number of alkyl halides is 3. The van der Waals surface area contributed by atoms with Gasteiger partial charge in [0.1, 0.15) is 5.97 Å². The zero-order valence-electron chi connectivity index (χ0n) is 32.0. The molecular weight excluding hydrogens is 696 g/mol. The fourth-order valence-electron chi connectivity index (χ4n) is 7.30. The number of aliphatic hydroxyl groups excluding tert-OH is 1. The van der Waals surface area contributed by atoms with E-state index in [2.05, 4.69) is 39.9 Å². The molecule has 0 fully saturated rings. The van der Waals surface area contributed by atoms with Crippen LogP contribution in [0.5, 0.6) is 0 Å². The number of carbonyl (C=O) groups is 2. The summed E-state index contributed by atoms with van der Waals surface area (Å²) in [6, 6.07) is 13.2. The summed E-state index contributed by atoms with van der Waals surface area (Å²) in [6.07, 6.45) is 1.08. The van der Waals surface area contributed by atoms with Crippen LogP contribution < -0.4 is 15.3 Å². The van der Waals surface area contributed by atoms with E-state index in [0.29, 0.717) is 35.4 Å². The summed E-state index contributed by atoms with van der Waals surface area (Å²) in [4.78, 5) is 24.1. The molecule has 0 saturated carbocycles. The third-order valence-electron chi connectivity index (χ3n) is 10.7. The highest BCUT2D eigenvalue weighted by molar-refractivity contribution is 7.91. The molecule has 2 N–H and O–H groups in total. The van der Waals surface area contributed by atoms with Crippen LogP contribution in [0.15, 0.2) is 47.4 Å². The van der Waals surface area contributed by atoms with Crippen LogP contribution in [0, 0.1) is 5.41 Å². The summed E-state index contributed by atoms with van der Waals surface area (Å²) in [7, 11) is 0.204. The van der Waals surface area contributed by atoms with E-state index in [1.54, 1.807) is 6.07 Å². The Kier molecular flexibility index (Phi) is 17.1. The summed E-state index contributed by atoms with van der Waals surface area (Å²) in [5.41, 5.74) is 2.25. The third-order valence-corrected chi connectivity index (χ3v) is 12.7. The lowest BCUT2D eigenvalue weighted by Crippen LogP contribution is -2.48. The Hall–Kier alpha value is -3.16. The average molecular weight is 756 g/mol. The molecule has 0 aliphatic carbocycles. The van der Waals surface area contributed by atoms with Gasteiger partial charge in [-0.3, -0.25) is 4.79 Å². The van der Waals surface area contributed by atoms with Gasteiger partial charge in [-0.2, -0.15) is 13.2 Å². The van der Waals surface area contributed by atoms with E-state index < -0.39 is 39.4 Å². The van der Waals surface area contributed by atoms with Gasteiger partial charge in [0.2, 0.25) is 5.91 Å². The summed E-state index contributed by atoms with van der Waals surface area (Å²) >= 11 is 0. The number of anilines is 2. The zero-order valence-corrected chi connectivity index (χ0v) is 32.8. The van der Waals surface area contributed by atoms with Crippen LogP contribution in [0.3, 0.4) is 0 Å². The minimum Gasteiger partial charge on any atom is -0.542 e. The van der Waals surface area contributed by atoms with Crippen LogP contribution in [-0.2, 0) is 19.4 Å². The molecular formula is C39H60F3N3O6S. The quantitative estimate of drug-likeness (QED) is 0.136. The van der Waals surface area contributed by atoms with Crippen molar-refractivity contribution in [3.8, 4) is 0 Å². The molecule has 294 valence electrons. The molecule has 9 nitrogen and oxygen atoms in total. The number of aliphatic carboxylic acids is 1. The van der Waals surface area contributed by atoms with Crippen molar-refractivity contribution in [3.63, 3.8) is 0 Å². The number of carbonyl (C=O) groups excluding carboxylic acids is 2. The number of fused-ring (bicyclic) bond motifs is 1. The first-order valence-electron chi connectivity index (χ1n) is 18.6. The number of nitrogens with one attached hydrogen (secondary N) is 1. The van der Waals surface area contributed by atoms with E-state index in [-0.39, 0.29) is 11.7 Å². The van der Waals surface area contributed by atoms with Crippen molar-refractivity contribution in [1.29, 1.82) is 0 Å². The predicted octanol–water partition coefficient (Wildman–Crippen LogP) is 6.68. The van der Waals surface area contributed by atoms with E-state index in [4.69, 9.17) is 9.90 Å². The third kappa shape index (κ3) is 11.9. The SMILES string of the molecule is CCCCC1(CCCC)CS(=O)(=O)c2ccc(N(C)C)cc2[C@@H](c2cccc(NC(=O)CCCC[N+](CC)(CC)CC)c2)[C@H]1O.O=C([O-])C(F)(F)F. The highest BCUT2D eigenvalue weighted by Gasteiger charge is 2.49. The molecule has 3 rings (SSSR count). The van der Waals surface area contributed by atoms with Gasteiger partial charge in [-0.1, -0.05) is 51.7 Å². The molecule has 2 atom stereocenters. The van der Waals surface area contributed by atoms with Gasteiger partial charge in [-0.15, -0.1) is 0 Å². The lowest BCUT2D eigenvalue weighted by Gasteiger charge is -2.40. The van der Waals surface area contributed by atoms with Crippen LogP contribution in [0.2, 0.25) is 0 Å². The van der Waals surface area contributed by atoms with E-state index in [1.807, 2.05) is 55.4 Å². The molecule has 1 aliphatic heterocycles. The summed E-state index contributed by atoms with van der Waals surface area (Å²) < 4.78 is 60.9. The van der Waals surface area contributed by atoms with E-state index in [1.165, 1.54) is 0 Å². The standard InChI is InChI=1S/C37H59N3O4S.C2HF3O2/c1-8-13-23-37(24-14-9-2)28-45(43,44)33-22-21-31(39(6)7)27-32(33)35(36(37)42)29-18-17-19-30(26-29)38-34(41)20-15-16-25-40(10-3,11-4)12-5;3-2(4,5)1(6)7/h17-19,21-22,26-27,35-36,42H,8-16,20,23-25,28H2,1-7H3;(H,6,7)/t35-,36-;/m1./s1. The average Bonchev–Trinajstić information content (AvgIpc) is 3.16. The minimum atomic E-state index is -5.19. The molecule has 0 spiro atoms. The fraction of sp³-hybridized carbons (Fsp3) is 0.641. The number of hydrogen-bond acceptors (Lipinski definition) is 7. The topological polar surface area (TPSA) is 127 Å². The maximum Gasteiger partial charge on any atom is 0.430 e. The smallest absolute Gasteiger partial charge is 0.430 e. The van der Waals surface area contributed by atoms with E-state index >= 15 is 0 Å². The molecule has 0 radical (unpaired) electrons. The second-order valence-corrected chi connectivity index (χ2v) is 16.3. The molecule has 1 aliphatic rings. The van der Waals surface area contributed by atoms with Crippen molar-refractivity contribution >= 4 is 33.1 Å². The number of halogens is 3. The number of amides is 1. The van der Waals surface area contributed by atoms with E-state index in [9.17, 15) is 31.5 Å². The number of unbranched alkanes of at least 4 members (excludes halogenated alkanes) is 3. The van der Waals surface area contributed by atoms with Gasteiger partial charge in [0.05, 0.1) is 42.9 Å². The number of benzene rings is 2. The monoisotopic (exact) mass is 755 g/mol. The summed E-state index contributed by atoms with van der Waals surface area (Å²) in [6.45, 7) is 15.4. The molecule has 1 amide bonds. The number of aliphatic hydroxyl groups is 1. The molecule has 1 heterocycles. The Labute approximate surface area is 309 Å². The first-order valence-corrected chi connectivity index (χ1v) is 20.3. The van der Waals surface area contributed by atoms with Gasteiger partial charge in [0.15, 0.2) is 9.84 Å². The lowest BCUT2D eigenvalue weighted by molar-refractivity contribution is -0.923. The highest BCUT2D eigenvalue weighted by Crippen LogP contribution is 2.50. The van der Waals surface area contributed by atoms with Crippen molar-refractivity contribution in [1.82, 2.24) is 0 Å². The number of quaternary nitrogens is 1. The van der Waals surface area contributed by atoms with Gasteiger partial charge in [0.25, 0.3) is 0 Å². The summed E-state index contributed by atoms with van der Waals surface area (Å²) in [5.74, 6) is -3.64. The number of nitrogens with zero attached hydrogens (tertiary/aromatic N) is 2. The zero-order chi connectivity index (χ0) is 39.3. The number of rotatable bonds is 17. The minimum absolute atomic E-state index is 0.0192. The Morgan fingerprint density at radius 1 is 0.942 bits per heavy atom. The predicted molar refractivity (Wildman–Crippen MR) is 199 cm³/mol. The first-order chi connectivity index (χ1) is 24.4. The molecule has 0 saturated heterocycles. The second-order valence-electron chi connectivity index (χ2n) is 14.3. The van der Waals surface area contributed by atoms with Gasteiger partial charge in [0, 0.05) is 43.2 Å². The normalized spacial score (nSPS) is 18.0. The first kappa shape index (κ1) is 45.0. The number of carboxylic acid groups (broad SMARTS) is 1. The van der Waals surface area contributed by atoms with Crippen LogP contribution in [0.1, 0.15) is 109 Å². The van der Waals surface area contributed by atoms with Gasteiger partial charge in [-0.25, -0.2) is 8.42 Å². The highest BCUT2D eigenvalue weighted by atomic mass is 32.2. The van der Waals surface area contributed by atoms with E-state index in [0.717, 1.165) is 80.4 Å². The Morgan fingerprint density at radius 3 is 2.02 bits per heavy atom. The number of sulfone groups is 1. The molecule has 52 heavy (non-hydrogen) atoms. The molecule has 0 bridgehead atoms. The molecule has 2 aromatic carbocycles. The van der Waals surface area contributed by atoms with Crippen molar-refractivity contribution in [2.75, 3.05) is 56.2 Å². The van der Waals surface area contributed by atoms with Gasteiger partial charge < -0.3 is 29.7 Å². The Balaban J connectivity index is 0.00000121. The van der Waals surface area contributed by atoms with Crippen molar-refractivity contribution in [3.05, 3.63) is 53.6 Å². The van der Waals surface area contributed by atoms with Crippen molar-refractivity contribution in [2.45, 2.75) is 115 Å². The summed E-state index contributed by atoms with van der Waals surface area (Å²) in [5, 5.41) is 24.3. The molecule has 13 heteroatoms. The number of hydrogen-bond donors (Lipinski definition) is 2. The van der Waals surface area contributed by atoms with Crippen LogP contribution in [-0.4, -0.2) is 88.2 Å². The molecule has 0 aromatic heterocycles. The maximum absolute atomic E-state index is 14.1. The van der Waals surface area contributed by atoms with Gasteiger partial charge >= 0.3 is 6.18 Å². The van der Waals surface area contributed by atoms with Crippen molar-refractivity contribution < 1.29 is 45.9 Å². The van der Waals surface area contributed by atoms with Gasteiger partial charge in [-0.05, 0) is 87.9 Å². The lowest BCUT2D eigenvalue weighted by atomic mass is 9.68. The van der Waals surface area contributed by atoms with Crippen molar-refractivity contribution in [2.24, 2.45) is 5.41 Å². The Morgan fingerprint density at radius 2 is 1.52 bits per heavy atom. The second kappa shape index (κ2) is 19.8. The van der Waals surface area contributed by atoms with Crippen LogP contribution in [0.4, 0.5) is 24.5 Å². The Bertz CT molecular complexity index is 1540. The van der Waals surface area contributed by atoms with Crippen LogP contribution in [0.25, 0.3) is 0 Å². The number of carboxylic acids is 1. The fourth-order valence-corrected chi connectivity index (χ4v) is 9.49. The molecule has 2 aromatic rings. The maximum atomic E-state index is 14.1. The molecule has 0 unspecified atom stereocenters. The largest absolute Gasteiger partial charge is 0.542 e. The van der Waals surface area contributed by atoms with Crippen LogP contribution >= 0.6 is 0 Å².